The van der Waals surface area contributed by atoms with E-state index in [0.29, 0.717) is 18.1 Å². The van der Waals surface area contributed by atoms with E-state index >= 15 is 0 Å². The second-order valence-electron chi connectivity index (χ2n) is 7.35. The molecule has 0 aromatic carbocycles. The van der Waals surface area contributed by atoms with Gasteiger partial charge in [0.25, 0.3) is 5.91 Å². The second-order valence-corrected chi connectivity index (χ2v) is 9.19. The monoisotopic (exact) mass is 409 g/mol. The number of aryl methyl sites for hydroxylation is 3. The van der Waals surface area contributed by atoms with Crippen LogP contribution in [-0.2, 0) is 21.9 Å². The lowest BCUT2D eigenvalue weighted by Crippen LogP contribution is -2.50. The van der Waals surface area contributed by atoms with Gasteiger partial charge in [0.15, 0.2) is 12.3 Å². The van der Waals surface area contributed by atoms with Crippen LogP contribution >= 0.6 is 0 Å². The number of sulfonamides is 1. The Morgan fingerprint density at radius 2 is 2.11 bits per heavy atom. The molecule has 2 aromatic rings. The molecule has 1 aliphatic rings. The number of ether oxygens (including phenoxy) is 1. The van der Waals surface area contributed by atoms with Crippen molar-refractivity contribution >= 4 is 27.0 Å². The minimum Gasteiger partial charge on any atom is -0.466 e. The standard InChI is InChI=1S/C18H27N5O4S/c1-12-9-13(2)20-17-16(12)18(21-22(17)3)27-11-15(24)23-8-6-5-7-14(23)10-19-28(4,25)26/h9,14,19H,5-8,10-11H2,1-4H3. The number of hydrogen-bond donors (Lipinski definition) is 1. The molecule has 3 rings (SSSR count). The molecule has 28 heavy (non-hydrogen) atoms. The Kier molecular flexibility index (Phi) is 5.90. The first-order chi connectivity index (χ1) is 13.2. The molecule has 9 nitrogen and oxygen atoms in total. The number of nitrogens with one attached hydrogen (secondary N) is 1. The lowest BCUT2D eigenvalue weighted by atomic mass is 10.0. The predicted molar refractivity (Wildman–Crippen MR) is 106 cm³/mol. The lowest BCUT2D eigenvalue weighted by molar-refractivity contribution is -0.136. The highest BCUT2D eigenvalue weighted by atomic mass is 32.2. The van der Waals surface area contributed by atoms with Crippen LogP contribution in [0.15, 0.2) is 6.07 Å². The first-order valence-corrected chi connectivity index (χ1v) is 11.2. The molecule has 0 radical (unpaired) electrons. The SMILES string of the molecule is Cc1cc(C)c2c(OCC(=O)N3CCCCC3CNS(C)(=O)=O)nn(C)c2n1. The van der Waals surface area contributed by atoms with Crippen molar-refractivity contribution in [1.82, 2.24) is 24.4 Å². The average molecular weight is 410 g/mol. The van der Waals surface area contributed by atoms with Gasteiger partial charge in [-0.2, -0.15) is 0 Å². The van der Waals surface area contributed by atoms with Crippen LogP contribution in [0.25, 0.3) is 11.0 Å². The van der Waals surface area contributed by atoms with Crippen molar-refractivity contribution in [2.75, 3.05) is 26.0 Å². The minimum atomic E-state index is -3.30. The van der Waals surface area contributed by atoms with Gasteiger partial charge in [-0.25, -0.2) is 22.8 Å². The van der Waals surface area contributed by atoms with E-state index < -0.39 is 10.0 Å². The predicted octanol–water partition coefficient (Wildman–Crippen LogP) is 0.894. The number of nitrogens with zero attached hydrogens (tertiary/aromatic N) is 4. The maximum absolute atomic E-state index is 12.8. The molecule has 1 aliphatic heterocycles. The van der Waals surface area contributed by atoms with Crippen molar-refractivity contribution in [3.8, 4) is 5.88 Å². The summed E-state index contributed by atoms with van der Waals surface area (Å²) in [5.41, 5.74) is 2.60. The maximum Gasteiger partial charge on any atom is 0.260 e. The highest BCUT2D eigenvalue weighted by Gasteiger charge is 2.28. The van der Waals surface area contributed by atoms with Crippen molar-refractivity contribution in [3.63, 3.8) is 0 Å². The fourth-order valence-electron chi connectivity index (χ4n) is 3.65. The van der Waals surface area contributed by atoms with Gasteiger partial charge in [-0.05, 0) is 44.7 Å². The number of likely N-dealkylation sites (tertiary alicyclic amines) is 1. The summed E-state index contributed by atoms with van der Waals surface area (Å²) in [6.45, 7) is 4.56. The Hall–Kier alpha value is -2.20. The summed E-state index contributed by atoms with van der Waals surface area (Å²) >= 11 is 0. The maximum atomic E-state index is 12.8. The second kappa shape index (κ2) is 8.04. The normalized spacial score (nSPS) is 17.9. The smallest absolute Gasteiger partial charge is 0.260 e. The van der Waals surface area contributed by atoms with Crippen LogP contribution in [0, 0.1) is 13.8 Å². The van der Waals surface area contributed by atoms with E-state index in [4.69, 9.17) is 4.74 Å². The summed E-state index contributed by atoms with van der Waals surface area (Å²) in [6, 6.07) is 1.79. The third kappa shape index (κ3) is 4.61. The van der Waals surface area contributed by atoms with E-state index in [1.807, 2.05) is 19.9 Å². The Labute approximate surface area is 165 Å². The van der Waals surface area contributed by atoms with Gasteiger partial charge >= 0.3 is 0 Å². The van der Waals surface area contributed by atoms with Crippen molar-refractivity contribution in [3.05, 3.63) is 17.3 Å². The van der Waals surface area contributed by atoms with E-state index in [2.05, 4.69) is 14.8 Å². The highest BCUT2D eigenvalue weighted by molar-refractivity contribution is 7.88. The zero-order valence-electron chi connectivity index (χ0n) is 16.7. The highest BCUT2D eigenvalue weighted by Crippen LogP contribution is 2.27. The minimum absolute atomic E-state index is 0.144. The zero-order valence-corrected chi connectivity index (χ0v) is 17.5. The Morgan fingerprint density at radius 1 is 1.36 bits per heavy atom. The summed E-state index contributed by atoms with van der Waals surface area (Å²) in [6.07, 6.45) is 3.75. The molecule has 1 N–H and O–H groups in total. The molecule has 0 spiro atoms. The molecular weight excluding hydrogens is 382 g/mol. The number of fused-ring (bicyclic) bond motifs is 1. The number of aromatic nitrogens is 3. The molecule has 0 saturated carbocycles. The van der Waals surface area contributed by atoms with Crippen molar-refractivity contribution < 1.29 is 17.9 Å². The van der Waals surface area contributed by atoms with Gasteiger partial charge in [-0.1, -0.05) is 0 Å². The molecule has 1 atom stereocenters. The summed E-state index contributed by atoms with van der Waals surface area (Å²) in [5.74, 6) is 0.218. The third-order valence-corrected chi connectivity index (χ3v) is 5.64. The van der Waals surface area contributed by atoms with Crippen LogP contribution in [0.5, 0.6) is 5.88 Å². The number of carbonyl (C=O) groups is 1. The van der Waals surface area contributed by atoms with Gasteiger partial charge in [0, 0.05) is 31.9 Å². The number of pyridine rings is 1. The van der Waals surface area contributed by atoms with Crippen LogP contribution in [0.2, 0.25) is 0 Å². The molecular formula is C18H27N5O4S. The van der Waals surface area contributed by atoms with E-state index in [-0.39, 0.29) is 25.1 Å². The van der Waals surface area contributed by atoms with E-state index in [1.54, 1.807) is 16.6 Å². The van der Waals surface area contributed by atoms with Crippen LogP contribution < -0.4 is 9.46 Å². The van der Waals surface area contributed by atoms with Gasteiger partial charge in [-0.3, -0.25) is 4.79 Å². The van der Waals surface area contributed by atoms with Gasteiger partial charge in [0.2, 0.25) is 15.9 Å². The Balaban J connectivity index is 1.71. The molecule has 10 heteroatoms. The average Bonchev–Trinajstić information content (AvgIpc) is 2.93. The van der Waals surface area contributed by atoms with E-state index in [0.717, 1.165) is 42.2 Å². The fraction of sp³-hybridized carbons (Fsp3) is 0.611. The number of amides is 1. The molecule has 154 valence electrons. The topological polar surface area (TPSA) is 106 Å². The van der Waals surface area contributed by atoms with Gasteiger partial charge in [-0.15, -0.1) is 5.10 Å². The molecule has 1 amide bonds. The van der Waals surface area contributed by atoms with Crippen molar-refractivity contribution in [1.29, 1.82) is 0 Å². The van der Waals surface area contributed by atoms with Crippen LogP contribution in [0.4, 0.5) is 0 Å². The first kappa shape index (κ1) is 20.5. The molecule has 1 unspecified atom stereocenters. The summed E-state index contributed by atoms with van der Waals surface area (Å²) in [4.78, 5) is 19.0. The number of hydrogen-bond acceptors (Lipinski definition) is 6. The number of rotatable bonds is 6. The lowest BCUT2D eigenvalue weighted by Gasteiger charge is -2.35. The molecule has 1 saturated heterocycles. The van der Waals surface area contributed by atoms with Crippen LogP contribution in [-0.4, -0.2) is 66.0 Å². The van der Waals surface area contributed by atoms with Crippen LogP contribution in [0.1, 0.15) is 30.5 Å². The zero-order chi connectivity index (χ0) is 20.5. The molecule has 1 fully saturated rings. The van der Waals surface area contributed by atoms with Gasteiger partial charge in [0.05, 0.1) is 11.6 Å². The Morgan fingerprint density at radius 3 is 2.82 bits per heavy atom. The quantitative estimate of drug-likeness (QED) is 0.760. The first-order valence-electron chi connectivity index (χ1n) is 9.33. The summed E-state index contributed by atoms with van der Waals surface area (Å²) in [5, 5.41) is 5.17. The van der Waals surface area contributed by atoms with E-state index in [1.165, 1.54) is 0 Å². The summed E-state index contributed by atoms with van der Waals surface area (Å²) in [7, 11) is -1.50. The fourth-order valence-corrected chi connectivity index (χ4v) is 4.15. The molecule has 3 heterocycles. The number of piperidine rings is 1. The van der Waals surface area contributed by atoms with Crippen molar-refractivity contribution in [2.45, 2.75) is 39.2 Å². The molecule has 0 aliphatic carbocycles. The third-order valence-electron chi connectivity index (χ3n) is 4.95. The van der Waals surface area contributed by atoms with Crippen molar-refractivity contribution in [2.24, 2.45) is 7.05 Å². The number of carbonyl (C=O) groups excluding carboxylic acids is 1. The van der Waals surface area contributed by atoms with E-state index in [9.17, 15) is 13.2 Å². The van der Waals surface area contributed by atoms with Gasteiger partial charge in [0.1, 0.15) is 0 Å². The largest absolute Gasteiger partial charge is 0.466 e. The van der Waals surface area contributed by atoms with Gasteiger partial charge < -0.3 is 9.64 Å². The summed E-state index contributed by atoms with van der Waals surface area (Å²) < 4.78 is 32.7. The molecule has 0 bridgehead atoms. The van der Waals surface area contributed by atoms with Crippen LogP contribution in [0.3, 0.4) is 0 Å². The molecule has 2 aromatic heterocycles. The Bertz CT molecular complexity index is 986.